The van der Waals surface area contributed by atoms with E-state index >= 15 is 0 Å². The van der Waals surface area contributed by atoms with Crippen molar-refractivity contribution in [2.24, 2.45) is 0 Å². The molecule has 0 bridgehead atoms. The Morgan fingerprint density at radius 2 is 2.00 bits per heavy atom. The van der Waals surface area contributed by atoms with Gasteiger partial charge in [0.15, 0.2) is 0 Å². The highest BCUT2D eigenvalue weighted by molar-refractivity contribution is 5.94. The number of aromatic nitrogens is 4. The van der Waals surface area contributed by atoms with E-state index in [1.165, 1.54) is 0 Å². The van der Waals surface area contributed by atoms with Gasteiger partial charge in [0.2, 0.25) is 0 Å². The van der Waals surface area contributed by atoms with E-state index in [0.29, 0.717) is 5.69 Å². The van der Waals surface area contributed by atoms with Crippen LogP contribution in [0.5, 0.6) is 0 Å². The molecule has 3 aromatic heterocycles. The van der Waals surface area contributed by atoms with Crippen LogP contribution in [0.3, 0.4) is 0 Å². The Labute approximate surface area is 150 Å². The Hall–Kier alpha value is -3.15. The Morgan fingerprint density at radius 3 is 2.85 bits per heavy atom. The number of para-hydroxylation sites is 2. The van der Waals surface area contributed by atoms with Crippen molar-refractivity contribution in [3.05, 3.63) is 65.9 Å². The number of nitrogens with zero attached hydrogens (tertiary/aromatic N) is 4. The quantitative estimate of drug-likeness (QED) is 0.605. The first kappa shape index (κ1) is 15.1. The maximum Gasteiger partial charge on any atom is 0.274 e. The van der Waals surface area contributed by atoms with Gasteiger partial charge in [0, 0.05) is 12.7 Å². The molecule has 1 aromatic carbocycles. The highest BCUT2D eigenvalue weighted by Gasteiger charge is 2.34. The van der Waals surface area contributed by atoms with E-state index in [9.17, 15) is 4.79 Å². The summed E-state index contributed by atoms with van der Waals surface area (Å²) < 4.78 is 1.96. The number of aryl methyl sites for hydroxylation is 1. The van der Waals surface area contributed by atoms with Gasteiger partial charge in [0.25, 0.3) is 5.91 Å². The lowest BCUT2D eigenvalue weighted by atomic mass is 10.2. The molecule has 4 heterocycles. The Morgan fingerprint density at radius 1 is 1.15 bits per heavy atom. The third-order valence-corrected chi connectivity index (χ3v) is 5.21. The minimum absolute atomic E-state index is 0.0193. The molecule has 0 saturated carbocycles. The Bertz CT molecular complexity index is 1090. The molecule has 0 spiro atoms. The monoisotopic (exact) mass is 345 g/mol. The number of H-pyrrole nitrogens is 1. The molecule has 1 atom stereocenters. The number of pyridine rings is 1. The molecule has 1 unspecified atom stereocenters. The molecule has 6 nitrogen and oxygen atoms in total. The van der Waals surface area contributed by atoms with Gasteiger partial charge >= 0.3 is 0 Å². The molecule has 1 aliphatic heterocycles. The van der Waals surface area contributed by atoms with E-state index in [0.717, 1.165) is 47.6 Å². The van der Waals surface area contributed by atoms with Gasteiger partial charge < -0.3 is 14.3 Å². The zero-order valence-electron chi connectivity index (χ0n) is 14.5. The summed E-state index contributed by atoms with van der Waals surface area (Å²) >= 11 is 0. The average Bonchev–Trinajstić information content (AvgIpc) is 3.38. The number of carbonyl (C=O) groups excluding carboxylic acids is 1. The topological polar surface area (TPSA) is 66.3 Å². The first-order valence-corrected chi connectivity index (χ1v) is 8.91. The SMILES string of the molecule is Cc1c(C(=O)N2CCCC2c2nc3ccccc3[nH]2)nc2ccccn12. The van der Waals surface area contributed by atoms with Crippen molar-refractivity contribution in [2.75, 3.05) is 6.54 Å². The van der Waals surface area contributed by atoms with E-state index in [1.807, 2.05) is 64.9 Å². The van der Waals surface area contributed by atoms with Crippen molar-refractivity contribution >= 4 is 22.6 Å². The number of aromatic amines is 1. The van der Waals surface area contributed by atoms with Crippen LogP contribution in [0.4, 0.5) is 0 Å². The molecule has 0 aliphatic carbocycles. The number of rotatable bonds is 2. The van der Waals surface area contributed by atoms with Crippen LogP contribution >= 0.6 is 0 Å². The van der Waals surface area contributed by atoms with Crippen LogP contribution in [-0.4, -0.2) is 36.7 Å². The summed E-state index contributed by atoms with van der Waals surface area (Å²) in [7, 11) is 0. The van der Waals surface area contributed by atoms with Gasteiger partial charge in [-0.2, -0.15) is 0 Å². The van der Waals surface area contributed by atoms with Crippen LogP contribution in [0.1, 0.15) is 40.9 Å². The zero-order valence-corrected chi connectivity index (χ0v) is 14.5. The average molecular weight is 345 g/mol. The Kier molecular flexibility index (Phi) is 3.31. The second-order valence-corrected chi connectivity index (χ2v) is 6.77. The molecule has 1 N–H and O–H groups in total. The summed E-state index contributed by atoms with van der Waals surface area (Å²) in [5.41, 5.74) is 4.14. The fraction of sp³-hybridized carbons (Fsp3) is 0.250. The van der Waals surface area contributed by atoms with Crippen molar-refractivity contribution in [3.63, 3.8) is 0 Å². The molecule has 4 aromatic rings. The Balaban J connectivity index is 1.53. The second-order valence-electron chi connectivity index (χ2n) is 6.77. The highest BCUT2D eigenvalue weighted by Crippen LogP contribution is 2.33. The molecule has 5 rings (SSSR count). The molecule has 1 saturated heterocycles. The van der Waals surface area contributed by atoms with E-state index in [4.69, 9.17) is 4.98 Å². The van der Waals surface area contributed by atoms with Gasteiger partial charge in [-0.15, -0.1) is 0 Å². The van der Waals surface area contributed by atoms with Crippen LogP contribution in [0.2, 0.25) is 0 Å². The number of imidazole rings is 2. The minimum Gasteiger partial charge on any atom is -0.340 e. The van der Waals surface area contributed by atoms with Crippen LogP contribution in [0, 0.1) is 6.92 Å². The predicted molar refractivity (Wildman–Crippen MR) is 99.0 cm³/mol. The van der Waals surface area contributed by atoms with Crippen LogP contribution in [0.15, 0.2) is 48.7 Å². The zero-order chi connectivity index (χ0) is 17.7. The molecule has 6 heteroatoms. The number of amides is 1. The number of likely N-dealkylation sites (tertiary alicyclic amines) is 1. The lowest BCUT2D eigenvalue weighted by Gasteiger charge is -2.22. The summed E-state index contributed by atoms with van der Waals surface area (Å²) in [6.07, 6.45) is 3.83. The highest BCUT2D eigenvalue weighted by atomic mass is 16.2. The second kappa shape index (κ2) is 5.69. The number of nitrogens with one attached hydrogen (secondary N) is 1. The van der Waals surface area contributed by atoms with E-state index < -0.39 is 0 Å². The van der Waals surface area contributed by atoms with Crippen molar-refractivity contribution in [2.45, 2.75) is 25.8 Å². The molecule has 26 heavy (non-hydrogen) atoms. The van der Waals surface area contributed by atoms with Crippen LogP contribution in [0.25, 0.3) is 16.7 Å². The van der Waals surface area contributed by atoms with Gasteiger partial charge in [-0.1, -0.05) is 18.2 Å². The van der Waals surface area contributed by atoms with Crippen molar-refractivity contribution in [3.8, 4) is 0 Å². The van der Waals surface area contributed by atoms with Gasteiger partial charge in [-0.05, 0) is 44.0 Å². The maximum atomic E-state index is 13.2. The first-order valence-electron chi connectivity index (χ1n) is 8.91. The molecular formula is C20H19N5O. The maximum absolute atomic E-state index is 13.2. The number of fused-ring (bicyclic) bond motifs is 2. The fourth-order valence-electron chi connectivity index (χ4n) is 3.88. The number of benzene rings is 1. The van der Waals surface area contributed by atoms with Gasteiger partial charge in [0.1, 0.15) is 17.2 Å². The summed E-state index contributed by atoms with van der Waals surface area (Å²) in [6.45, 7) is 2.67. The smallest absolute Gasteiger partial charge is 0.274 e. The first-order chi connectivity index (χ1) is 12.7. The molecule has 1 amide bonds. The minimum atomic E-state index is -0.0286. The van der Waals surface area contributed by atoms with Gasteiger partial charge in [-0.25, -0.2) is 9.97 Å². The molecule has 0 radical (unpaired) electrons. The lowest BCUT2D eigenvalue weighted by molar-refractivity contribution is 0.0724. The van der Waals surface area contributed by atoms with Crippen LogP contribution in [-0.2, 0) is 0 Å². The summed E-state index contributed by atoms with van der Waals surface area (Å²) in [5.74, 6) is 0.840. The van der Waals surface area contributed by atoms with Gasteiger partial charge in [0.05, 0.1) is 22.8 Å². The van der Waals surface area contributed by atoms with Gasteiger partial charge in [-0.3, -0.25) is 4.79 Å². The third-order valence-electron chi connectivity index (χ3n) is 5.21. The normalized spacial score (nSPS) is 17.4. The van der Waals surface area contributed by atoms with E-state index in [2.05, 4.69) is 9.97 Å². The van der Waals surface area contributed by atoms with Crippen molar-refractivity contribution < 1.29 is 4.79 Å². The summed E-state index contributed by atoms with van der Waals surface area (Å²) in [5, 5.41) is 0. The number of carbonyl (C=O) groups is 1. The predicted octanol–water partition coefficient (Wildman–Crippen LogP) is 3.50. The lowest BCUT2D eigenvalue weighted by Crippen LogP contribution is -2.31. The van der Waals surface area contributed by atoms with E-state index in [1.54, 1.807) is 0 Å². The molecule has 1 aliphatic rings. The largest absolute Gasteiger partial charge is 0.340 e. The molecular weight excluding hydrogens is 326 g/mol. The van der Waals surface area contributed by atoms with E-state index in [-0.39, 0.29) is 11.9 Å². The molecule has 130 valence electrons. The summed E-state index contributed by atoms with van der Waals surface area (Å²) in [4.78, 5) is 27.8. The van der Waals surface area contributed by atoms with Crippen molar-refractivity contribution in [1.29, 1.82) is 0 Å². The van der Waals surface area contributed by atoms with Crippen molar-refractivity contribution in [1.82, 2.24) is 24.3 Å². The van der Waals surface area contributed by atoms with Crippen LogP contribution < -0.4 is 0 Å². The third kappa shape index (κ3) is 2.22. The summed E-state index contributed by atoms with van der Waals surface area (Å²) in [6, 6.07) is 13.7. The molecule has 1 fully saturated rings. The number of hydrogen-bond donors (Lipinski definition) is 1. The standard InChI is InChI=1S/C20H19N5O/c1-13-18(23-17-10-4-5-11-24(13)17)20(26)25-12-6-9-16(25)19-21-14-7-2-3-8-15(14)22-19/h2-5,7-8,10-11,16H,6,9,12H2,1H3,(H,21,22). The fourth-order valence-corrected chi connectivity index (χ4v) is 3.88. The number of hydrogen-bond acceptors (Lipinski definition) is 3.